The van der Waals surface area contributed by atoms with E-state index in [1.165, 1.54) is 0 Å². The van der Waals surface area contributed by atoms with Gasteiger partial charge in [0, 0.05) is 26.1 Å². The Bertz CT molecular complexity index is 635. The first-order valence-corrected chi connectivity index (χ1v) is 9.87. The van der Waals surface area contributed by atoms with Gasteiger partial charge in [-0.15, -0.1) is 0 Å². The first-order chi connectivity index (χ1) is 12.6. The van der Waals surface area contributed by atoms with Crippen LogP contribution >= 0.6 is 0 Å². The van der Waals surface area contributed by atoms with Gasteiger partial charge in [0.25, 0.3) is 0 Å². The molecule has 0 bridgehead atoms. The second kappa shape index (κ2) is 8.77. The number of carbonyl (C=O) groups is 2. The van der Waals surface area contributed by atoms with Crippen LogP contribution in [0.4, 0.5) is 4.79 Å². The van der Waals surface area contributed by atoms with Crippen molar-refractivity contribution in [3.8, 4) is 0 Å². The van der Waals surface area contributed by atoms with Gasteiger partial charge in [-0.1, -0.05) is 44.2 Å². The molecule has 1 heterocycles. The Hall–Kier alpha value is -2.04. The maximum atomic E-state index is 12.5. The van der Waals surface area contributed by atoms with Crippen LogP contribution in [0.25, 0.3) is 0 Å². The van der Waals surface area contributed by atoms with Crippen LogP contribution in [0, 0.1) is 5.92 Å². The third-order valence-corrected chi connectivity index (χ3v) is 4.92. The summed E-state index contributed by atoms with van der Waals surface area (Å²) in [5.74, 6) is 0.327. The minimum atomic E-state index is -0.485. The second-order valence-corrected chi connectivity index (χ2v) is 9.17. The summed E-state index contributed by atoms with van der Waals surface area (Å²) < 4.78 is 5.47. The average Bonchev–Trinajstić information content (AvgIpc) is 2.59. The summed E-state index contributed by atoms with van der Waals surface area (Å²) in [5, 5.41) is 3.07. The molecule has 0 radical (unpaired) electrons. The van der Waals surface area contributed by atoms with Crippen LogP contribution in [-0.4, -0.2) is 42.1 Å². The van der Waals surface area contributed by atoms with Crippen molar-refractivity contribution in [1.29, 1.82) is 0 Å². The molecule has 150 valence electrons. The first kappa shape index (κ1) is 21.3. The van der Waals surface area contributed by atoms with Crippen molar-refractivity contribution in [2.24, 2.45) is 5.92 Å². The van der Waals surface area contributed by atoms with Gasteiger partial charge in [-0.2, -0.15) is 0 Å². The van der Waals surface area contributed by atoms with Gasteiger partial charge in [0.05, 0.1) is 0 Å². The quantitative estimate of drug-likeness (QED) is 0.843. The van der Waals surface area contributed by atoms with Crippen molar-refractivity contribution < 1.29 is 14.3 Å². The molecule has 1 aromatic rings. The molecule has 1 atom stereocenters. The Balaban J connectivity index is 1.81. The number of rotatable bonds is 5. The van der Waals surface area contributed by atoms with E-state index in [-0.39, 0.29) is 23.3 Å². The molecular formula is C22H34N2O3. The fourth-order valence-electron chi connectivity index (χ4n) is 3.44. The number of nitrogens with zero attached hydrogens (tertiary/aromatic N) is 1. The summed E-state index contributed by atoms with van der Waals surface area (Å²) >= 11 is 0. The molecular weight excluding hydrogens is 340 g/mol. The van der Waals surface area contributed by atoms with E-state index in [0.29, 0.717) is 19.5 Å². The molecule has 5 nitrogen and oxygen atoms in total. The van der Waals surface area contributed by atoms with Crippen molar-refractivity contribution in [3.05, 3.63) is 35.9 Å². The molecule has 2 rings (SSSR count). The Labute approximate surface area is 163 Å². The molecule has 2 amide bonds. The Kier molecular flexibility index (Phi) is 6.90. The zero-order valence-electron chi connectivity index (χ0n) is 17.4. The molecule has 0 spiro atoms. The van der Waals surface area contributed by atoms with Gasteiger partial charge in [0.2, 0.25) is 5.91 Å². The van der Waals surface area contributed by atoms with Crippen LogP contribution in [0.1, 0.15) is 59.4 Å². The van der Waals surface area contributed by atoms with E-state index in [9.17, 15) is 9.59 Å². The smallest absolute Gasteiger partial charge is 0.410 e. The van der Waals surface area contributed by atoms with Crippen molar-refractivity contribution in [2.45, 2.75) is 64.9 Å². The maximum absolute atomic E-state index is 12.5. The largest absolute Gasteiger partial charge is 0.444 e. The summed E-state index contributed by atoms with van der Waals surface area (Å²) in [5.41, 5.74) is 0.468. The van der Waals surface area contributed by atoms with E-state index in [0.717, 1.165) is 24.9 Å². The van der Waals surface area contributed by atoms with Crippen LogP contribution in [0.2, 0.25) is 0 Å². The normalized spacial score (nSPS) is 18.1. The van der Waals surface area contributed by atoms with Gasteiger partial charge in [-0.05, 0) is 50.5 Å². The second-order valence-electron chi connectivity index (χ2n) is 9.17. The van der Waals surface area contributed by atoms with Gasteiger partial charge in [0.1, 0.15) is 5.60 Å². The van der Waals surface area contributed by atoms with Gasteiger partial charge in [-0.25, -0.2) is 4.79 Å². The summed E-state index contributed by atoms with van der Waals surface area (Å²) in [6.07, 6.45) is 2.14. The predicted octanol–water partition coefficient (Wildman–Crippen LogP) is 4.12. The third-order valence-electron chi connectivity index (χ3n) is 4.92. The standard InChI is InChI=1S/C22H34N2O3/c1-21(2,3)27-20(26)24-13-9-10-17(16-24)15-23-19(25)14-22(4,5)18-11-7-6-8-12-18/h6-8,11-12,17H,9-10,13-16H2,1-5H3,(H,23,25). The fourth-order valence-corrected chi connectivity index (χ4v) is 3.44. The molecule has 0 saturated carbocycles. The van der Waals surface area contributed by atoms with Gasteiger partial charge in [-0.3, -0.25) is 4.79 Å². The van der Waals surface area contributed by atoms with Crippen molar-refractivity contribution in [3.63, 3.8) is 0 Å². The highest BCUT2D eigenvalue weighted by molar-refractivity contribution is 5.77. The number of benzene rings is 1. The zero-order chi connectivity index (χ0) is 20.1. The van der Waals surface area contributed by atoms with Crippen molar-refractivity contribution in [2.75, 3.05) is 19.6 Å². The molecule has 0 aromatic heterocycles. The lowest BCUT2D eigenvalue weighted by Gasteiger charge is -2.34. The molecule has 1 unspecified atom stereocenters. The summed E-state index contributed by atoms with van der Waals surface area (Å²) in [7, 11) is 0. The van der Waals surface area contributed by atoms with Crippen LogP contribution in [0.3, 0.4) is 0 Å². The molecule has 1 saturated heterocycles. The molecule has 1 fully saturated rings. The number of nitrogens with one attached hydrogen (secondary N) is 1. The maximum Gasteiger partial charge on any atom is 0.410 e. The molecule has 5 heteroatoms. The van der Waals surface area contributed by atoms with E-state index < -0.39 is 5.60 Å². The Morgan fingerprint density at radius 3 is 2.44 bits per heavy atom. The Morgan fingerprint density at radius 2 is 1.81 bits per heavy atom. The summed E-state index contributed by atoms with van der Waals surface area (Å²) in [6, 6.07) is 10.1. The predicted molar refractivity (Wildman–Crippen MR) is 108 cm³/mol. The first-order valence-electron chi connectivity index (χ1n) is 9.87. The molecule has 27 heavy (non-hydrogen) atoms. The number of hydrogen-bond donors (Lipinski definition) is 1. The number of ether oxygens (including phenoxy) is 1. The third kappa shape index (κ3) is 6.89. The van der Waals surface area contributed by atoms with Crippen LogP contribution < -0.4 is 5.32 Å². The van der Waals surface area contributed by atoms with Crippen LogP contribution in [-0.2, 0) is 14.9 Å². The lowest BCUT2D eigenvalue weighted by Crippen LogP contribution is -2.45. The molecule has 1 aromatic carbocycles. The topological polar surface area (TPSA) is 58.6 Å². The SMILES string of the molecule is CC(C)(C)OC(=O)N1CCCC(CNC(=O)CC(C)(C)c2ccccc2)C1. The van der Waals surface area contributed by atoms with E-state index >= 15 is 0 Å². The van der Waals surface area contributed by atoms with Crippen LogP contribution in [0.5, 0.6) is 0 Å². The number of amides is 2. The lowest BCUT2D eigenvalue weighted by atomic mass is 9.81. The highest BCUT2D eigenvalue weighted by Gasteiger charge is 2.29. The highest BCUT2D eigenvalue weighted by atomic mass is 16.6. The number of hydrogen-bond acceptors (Lipinski definition) is 3. The minimum absolute atomic E-state index is 0.0539. The molecule has 0 aliphatic carbocycles. The number of piperidine rings is 1. The monoisotopic (exact) mass is 374 g/mol. The van der Waals surface area contributed by atoms with Gasteiger partial charge >= 0.3 is 6.09 Å². The van der Waals surface area contributed by atoms with E-state index in [2.05, 4.69) is 31.3 Å². The highest BCUT2D eigenvalue weighted by Crippen LogP contribution is 2.26. The fraction of sp³-hybridized carbons (Fsp3) is 0.636. The zero-order valence-corrected chi connectivity index (χ0v) is 17.4. The number of likely N-dealkylation sites (tertiary alicyclic amines) is 1. The van der Waals surface area contributed by atoms with Crippen LogP contribution in [0.15, 0.2) is 30.3 Å². The van der Waals surface area contributed by atoms with Gasteiger partial charge < -0.3 is 15.0 Å². The summed E-state index contributed by atoms with van der Waals surface area (Å²) in [4.78, 5) is 26.5. The minimum Gasteiger partial charge on any atom is -0.444 e. The van der Waals surface area contributed by atoms with Crippen molar-refractivity contribution in [1.82, 2.24) is 10.2 Å². The summed E-state index contributed by atoms with van der Waals surface area (Å²) in [6.45, 7) is 11.8. The van der Waals surface area contributed by atoms with E-state index in [1.54, 1.807) is 4.90 Å². The van der Waals surface area contributed by atoms with E-state index in [4.69, 9.17) is 4.74 Å². The average molecular weight is 375 g/mol. The Morgan fingerprint density at radius 1 is 1.15 bits per heavy atom. The van der Waals surface area contributed by atoms with Crippen molar-refractivity contribution >= 4 is 12.0 Å². The molecule has 1 aliphatic rings. The molecule has 1 N–H and O–H groups in total. The lowest BCUT2D eigenvalue weighted by molar-refractivity contribution is -0.122. The van der Waals surface area contributed by atoms with E-state index in [1.807, 2.05) is 39.0 Å². The van der Waals surface area contributed by atoms with Gasteiger partial charge in [0.15, 0.2) is 0 Å². The number of carbonyl (C=O) groups excluding carboxylic acids is 2. The molecule has 1 aliphatic heterocycles.